The van der Waals surface area contributed by atoms with Gasteiger partial charge in [-0.2, -0.15) is 0 Å². The van der Waals surface area contributed by atoms with E-state index >= 15 is 0 Å². The number of halogens is 1. The quantitative estimate of drug-likeness (QED) is 0.544. The minimum atomic E-state index is -0.556. The predicted molar refractivity (Wildman–Crippen MR) is 129 cm³/mol. The molecule has 0 aliphatic heterocycles. The zero-order valence-corrected chi connectivity index (χ0v) is 20.8. The largest absolute Gasteiger partial charge is 0.350 e. The molecule has 2 aromatic rings. The third-order valence-corrected chi connectivity index (χ3v) is 6.03. The third-order valence-electron chi connectivity index (χ3n) is 4.51. The minimum Gasteiger partial charge on any atom is -0.350 e. The van der Waals surface area contributed by atoms with Crippen molar-refractivity contribution in [3.63, 3.8) is 0 Å². The second-order valence-corrected chi connectivity index (χ2v) is 10.4. The maximum absolute atomic E-state index is 13.1. The van der Waals surface area contributed by atoms with Crippen molar-refractivity contribution in [2.24, 2.45) is 0 Å². The zero-order valence-electron chi connectivity index (χ0n) is 18.4. The van der Waals surface area contributed by atoms with Crippen LogP contribution in [0.1, 0.15) is 44.4 Å². The number of amides is 2. The smallest absolute Gasteiger partial charge is 0.242 e. The maximum Gasteiger partial charge on any atom is 0.242 e. The van der Waals surface area contributed by atoms with Crippen LogP contribution in [0.4, 0.5) is 0 Å². The predicted octanol–water partition coefficient (Wildman–Crippen LogP) is 5.32. The molecule has 0 radical (unpaired) electrons. The Hall–Kier alpha value is -1.79. The molecule has 1 atom stereocenters. The van der Waals surface area contributed by atoms with Crippen LogP contribution >= 0.6 is 27.7 Å². The third kappa shape index (κ3) is 8.15. The van der Waals surface area contributed by atoms with Crippen molar-refractivity contribution in [2.75, 3.05) is 5.75 Å². The van der Waals surface area contributed by atoms with Gasteiger partial charge in [0.25, 0.3) is 0 Å². The number of hydrogen-bond donors (Lipinski definition) is 1. The van der Waals surface area contributed by atoms with Crippen LogP contribution in [-0.4, -0.2) is 34.0 Å². The van der Waals surface area contributed by atoms with E-state index in [9.17, 15) is 9.59 Å². The molecule has 0 saturated heterocycles. The number of carbonyl (C=O) groups excluding carboxylic acids is 2. The van der Waals surface area contributed by atoms with Crippen LogP contribution in [0.15, 0.2) is 53.0 Å². The number of nitrogens with zero attached hydrogens (tertiary/aromatic N) is 1. The first kappa shape index (κ1) is 24.5. The molecule has 0 aliphatic carbocycles. The molecule has 1 N–H and O–H groups in total. The molecule has 4 nitrogen and oxygen atoms in total. The Morgan fingerprint density at radius 1 is 1.10 bits per heavy atom. The van der Waals surface area contributed by atoms with Crippen LogP contribution < -0.4 is 5.32 Å². The average Bonchev–Trinajstić information content (AvgIpc) is 2.65. The molecule has 0 spiro atoms. The summed E-state index contributed by atoms with van der Waals surface area (Å²) in [5, 5.41) is 2.99. The number of benzene rings is 2. The number of hydrogen-bond acceptors (Lipinski definition) is 3. The molecule has 2 amide bonds. The van der Waals surface area contributed by atoms with Gasteiger partial charge in [-0.25, -0.2) is 0 Å². The van der Waals surface area contributed by atoms with Gasteiger partial charge < -0.3 is 10.2 Å². The molecule has 0 saturated carbocycles. The number of rotatable bonds is 8. The number of thioether (sulfide) groups is 1. The standard InChI is InChI=1S/C24H31BrN2O2S/c1-17-7-6-8-20(13-17)15-30-16-22(28)27(14-19-9-11-21(25)12-10-19)18(2)23(29)26-24(3,4)5/h6-13,18H,14-16H2,1-5H3,(H,26,29). The molecule has 30 heavy (non-hydrogen) atoms. The normalized spacial score (nSPS) is 12.3. The van der Waals surface area contributed by atoms with Gasteiger partial charge in [0.15, 0.2) is 0 Å². The summed E-state index contributed by atoms with van der Waals surface area (Å²) in [5.41, 5.74) is 3.05. The fourth-order valence-electron chi connectivity index (χ4n) is 2.98. The first-order valence-electron chi connectivity index (χ1n) is 10.0. The van der Waals surface area contributed by atoms with Crippen molar-refractivity contribution in [3.05, 3.63) is 69.7 Å². The monoisotopic (exact) mass is 490 g/mol. The fourth-order valence-corrected chi connectivity index (χ4v) is 4.11. The Bertz CT molecular complexity index is 862. The minimum absolute atomic E-state index is 0.0351. The summed E-state index contributed by atoms with van der Waals surface area (Å²) in [6, 6.07) is 15.6. The average molecular weight is 491 g/mol. The zero-order chi connectivity index (χ0) is 22.3. The highest BCUT2D eigenvalue weighted by atomic mass is 79.9. The van der Waals surface area contributed by atoms with Crippen LogP contribution in [0.5, 0.6) is 0 Å². The molecule has 2 rings (SSSR count). The topological polar surface area (TPSA) is 49.4 Å². The molecule has 0 fully saturated rings. The number of aryl methyl sites for hydroxylation is 1. The summed E-state index contributed by atoms with van der Waals surface area (Å²) >= 11 is 5.02. The molecule has 1 unspecified atom stereocenters. The van der Waals surface area contributed by atoms with Crippen molar-refractivity contribution in [1.29, 1.82) is 0 Å². The lowest BCUT2D eigenvalue weighted by Crippen LogP contribution is -2.52. The van der Waals surface area contributed by atoms with E-state index in [1.807, 2.05) is 51.1 Å². The summed E-state index contributed by atoms with van der Waals surface area (Å²) in [4.78, 5) is 27.5. The Morgan fingerprint density at radius 3 is 2.37 bits per heavy atom. The second kappa shape index (κ2) is 11.0. The van der Waals surface area contributed by atoms with Gasteiger partial charge in [0.2, 0.25) is 11.8 Å². The maximum atomic E-state index is 13.1. The van der Waals surface area contributed by atoms with E-state index in [0.29, 0.717) is 12.3 Å². The van der Waals surface area contributed by atoms with Crippen LogP contribution in [0.25, 0.3) is 0 Å². The van der Waals surface area contributed by atoms with E-state index in [1.165, 1.54) is 11.1 Å². The van der Waals surface area contributed by atoms with E-state index in [1.54, 1.807) is 23.6 Å². The van der Waals surface area contributed by atoms with Crippen LogP contribution in [0.3, 0.4) is 0 Å². The Balaban J connectivity index is 2.09. The molecular weight excluding hydrogens is 460 g/mol. The first-order valence-corrected chi connectivity index (χ1v) is 12.0. The van der Waals surface area contributed by atoms with Crippen LogP contribution in [0, 0.1) is 6.92 Å². The SMILES string of the molecule is Cc1cccc(CSCC(=O)N(Cc2ccc(Br)cc2)C(C)C(=O)NC(C)(C)C)c1. The molecule has 2 aromatic carbocycles. The van der Waals surface area contributed by atoms with Gasteiger partial charge in [0, 0.05) is 22.3 Å². The van der Waals surface area contributed by atoms with Crippen molar-refractivity contribution < 1.29 is 9.59 Å². The van der Waals surface area contributed by atoms with E-state index < -0.39 is 6.04 Å². The summed E-state index contributed by atoms with van der Waals surface area (Å²) in [6.45, 7) is 10.1. The lowest BCUT2D eigenvalue weighted by Gasteiger charge is -2.31. The van der Waals surface area contributed by atoms with E-state index in [4.69, 9.17) is 0 Å². The van der Waals surface area contributed by atoms with Crippen LogP contribution in [-0.2, 0) is 21.9 Å². The molecule has 0 heterocycles. The van der Waals surface area contributed by atoms with Gasteiger partial charge in [0.1, 0.15) is 6.04 Å². The van der Waals surface area contributed by atoms with Crippen molar-refractivity contribution in [1.82, 2.24) is 10.2 Å². The summed E-state index contributed by atoms with van der Waals surface area (Å²) in [7, 11) is 0. The Morgan fingerprint density at radius 2 is 1.77 bits per heavy atom. The van der Waals surface area contributed by atoms with Gasteiger partial charge >= 0.3 is 0 Å². The molecule has 6 heteroatoms. The number of carbonyl (C=O) groups is 2. The van der Waals surface area contributed by atoms with Crippen molar-refractivity contribution in [3.8, 4) is 0 Å². The fraction of sp³-hybridized carbons (Fsp3) is 0.417. The number of nitrogens with one attached hydrogen (secondary N) is 1. The van der Waals surface area contributed by atoms with Gasteiger partial charge in [0.05, 0.1) is 5.75 Å². The lowest BCUT2D eigenvalue weighted by atomic mass is 10.1. The van der Waals surface area contributed by atoms with Crippen molar-refractivity contribution in [2.45, 2.75) is 58.5 Å². The molecule has 0 bridgehead atoms. The molecule has 0 aromatic heterocycles. The highest BCUT2D eigenvalue weighted by Gasteiger charge is 2.28. The summed E-state index contributed by atoms with van der Waals surface area (Å²) in [6.07, 6.45) is 0. The Labute approximate surface area is 192 Å². The highest BCUT2D eigenvalue weighted by molar-refractivity contribution is 9.10. The van der Waals surface area contributed by atoms with Gasteiger partial charge in [-0.05, 0) is 57.9 Å². The molecule has 0 aliphatic rings. The molecular formula is C24H31BrN2O2S. The van der Waals surface area contributed by atoms with Gasteiger partial charge in [-0.1, -0.05) is 57.9 Å². The van der Waals surface area contributed by atoms with Crippen LogP contribution in [0.2, 0.25) is 0 Å². The van der Waals surface area contributed by atoms with E-state index in [2.05, 4.69) is 46.4 Å². The van der Waals surface area contributed by atoms with E-state index in [-0.39, 0.29) is 17.4 Å². The summed E-state index contributed by atoms with van der Waals surface area (Å²) < 4.78 is 0.983. The Kier molecular flexibility index (Phi) is 8.98. The lowest BCUT2D eigenvalue weighted by molar-refractivity contribution is -0.139. The van der Waals surface area contributed by atoms with Gasteiger partial charge in [-0.3, -0.25) is 9.59 Å². The van der Waals surface area contributed by atoms with Crippen molar-refractivity contribution >= 4 is 39.5 Å². The van der Waals surface area contributed by atoms with Gasteiger partial charge in [-0.15, -0.1) is 11.8 Å². The second-order valence-electron chi connectivity index (χ2n) is 8.55. The first-order chi connectivity index (χ1) is 14.0. The summed E-state index contributed by atoms with van der Waals surface area (Å²) in [5.74, 6) is 0.920. The molecule has 162 valence electrons. The van der Waals surface area contributed by atoms with E-state index in [0.717, 1.165) is 15.8 Å². The highest BCUT2D eigenvalue weighted by Crippen LogP contribution is 2.18.